The van der Waals surface area contributed by atoms with Crippen LogP contribution in [0.25, 0.3) is 0 Å². The second-order valence-corrected chi connectivity index (χ2v) is 7.96. The summed E-state index contributed by atoms with van der Waals surface area (Å²) < 4.78 is 0. The van der Waals surface area contributed by atoms with Crippen LogP contribution in [-0.4, -0.2) is 36.0 Å². The summed E-state index contributed by atoms with van der Waals surface area (Å²) in [5.74, 6) is 3.67. The van der Waals surface area contributed by atoms with Crippen molar-refractivity contribution in [3.63, 3.8) is 0 Å². The van der Waals surface area contributed by atoms with Gasteiger partial charge in [-0.3, -0.25) is 4.79 Å². The number of rotatable bonds is 3. The Morgan fingerprint density at radius 2 is 1.82 bits per heavy atom. The fourth-order valence-electron chi connectivity index (χ4n) is 5.89. The van der Waals surface area contributed by atoms with Crippen molar-refractivity contribution < 1.29 is 4.79 Å². The number of hydrogen-bond acceptors (Lipinski definition) is 3. The quantitative estimate of drug-likeness (QED) is 0.870. The molecule has 3 aliphatic carbocycles. The minimum atomic E-state index is -0.185. The van der Waals surface area contributed by atoms with E-state index < -0.39 is 0 Å². The van der Waals surface area contributed by atoms with E-state index in [9.17, 15) is 4.79 Å². The van der Waals surface area contributed by atoms with Crippen molar-refractivity contribution >= 4 is 5.91 Å². The molecule has 1 N–H and O–H groups in total. The Hall–Kier alpha value is -1.08. The molecule has 0 aromatic heterocycles. The molecule has 0 aromatic rings. The summed E-state index contributed by atoms with van der Waals surface area (Å²) in [4.78, 5) is 14.2. The van der Waals surface area contributed by atoms with E-state index in [2.05, 4.69) is 11.4 Å². The smallest absolute Gasteiger partial charge is 0.237 e. The maximum Gasteiger partial charge on any atom is 0.237 e. The molecule has 4 nitrogen and oxygen atoms in total. The van der Waals surface area contributed by atoms with Gasteiger partial charge in [-0.1, -0.05) is 12.8 Å². The molecule has 3 bridgehead atoms. The number of likely N-dealkylation sites (tertiary alicyclic amines) is 1. The fourth-order valence-corrected chi connectivity index (χ4v) is 5.89. The predicted octanol–water partition coefficient (Wildman–Crippen LogP) is 2.31. The van der Waals surface area contributed by atoms with Crippen molar-refractivity contribution in [2.45, 2.75) is 63.5 Å². The topological polar surface area (TPSA) is 56.1 Å². The second-order valence-electron chi connectivity index (χ2n) is 7.96. The van der Waals surface area contributed by atoms with Gasteiger partial charge in [0.2, 0.25) is 5.91 Å². The van der Waals surface area contributed by atoms with Crippen LogP contribution in [-0.2, 0) is 4.79 Å². The molecule has 4 heteroatoms. The van der Waals surface area contributed by atoms with E-state index in [-0.39, 0.29) is 11.9 Å². The van der Waals surface area contributed by atoms with Gasteiger partial charge < -0.3 is 10.2 Å². The van der Waals surface area contributed by atoms with Gasteiger partial charge in [0.05, 0.1) is 12.6 Å². The van der Waals surface area contributed by atoms with Crippen LogP contribution >= 0.6 is 0 Å². The first kappa shape index (κ1) is 14.5. The summed E-state index contributed by atoms with van der Waals surface area (Å²) in [6.07, 6.45) is 10.2. The summed E-state index contributed by atoms with van der Waals surface area (Å²) in [7, 11) is 0. The number of nitrogens with zero attached hydrogens (tertiary/aromatic N) is 2. The lowest BCUT2D eigenvalue weighted by Gasteiger charge is -2.37. The summed E-state index contributed by atoms with van der Waals surface area (Å²) >= 11 is 0. The summed E-state index contributed by atoms with van der Waals surface area (Å²) in [6.45, 7) is 1.20. The van der Waals surface area contributed by atoms with E-state index in [4.69, 9.17) is 5.26 Å². The first-order valence-corrected chi connectivity index (χ1v) is 9.18. The molecule has 1 amide bonds. The lowest BCUT2D eigenvalue weighted by molar-refractivity contribution is -0.130. The van der Waals surface area contributed by atoms with Crippen LogP contribution in [0.4, 0.5) is 0 Å². The highest BCUT2D eigenvalue weighted by Crippen LogP contribution is 2.53. The maximum absolute atomic E-state index is 12.4. The monoisotopic (exact) mass is 301 g/mol. The number of carbonyl (C=O) groups excluding carboxylic acids is 1. The highest BCUT2D eigenvalue weighted by atomic mass is 16.2. The van der Waals surface area contributed by atoms with Crippen LogP contribution in [0.2, 0.25) is 0 Å². The molecule has 1 saturated heterocycles. The third kappa shape index (κ3) is 2.44. The van der Waals surface area contributed by atoms with Crippen molar-refractivity contribution in [2.75, 3.05) is 13.1 Å². The van der Waals surface area contributed by atoms with E-state index in [0.717, 1.165) is 43.1 Å². The molecule has 3 saturated carbocycles. The second kappa shape index (κ2) is 5.85. The molecule has 1 heterocycles. The van der Waals surface area contributed by atoms with E-state index in [0.29, 0.717) is 12.6 Å². The van der Waals surface area contributed by atoms with Gasteiger partial charge in [0.15, 0.2) is 0 Å². The Balaban J connectivity index is 1.37. The average molecular weight is 301 g/mol. The van der Waals surface area contributed by atoms with Gasteiger partial charge in [-0.25, -0.2) is 0 Å². The molecule has 6 atom stereocenters. The van der Waals surface area contributed by atoms with Crippen molar-refractivity contribution in [1.82, 2.24) is 10.2 Å². The number of fused-ring (bicyclic) bond motifs is 2. The highest BCUT2D eigenvalue weighted by molar-refractivity contribution is 5.79. The zero-order valence-corrected chi connectivity index (χ0v) is 13.3. The largest absolute Gasteiger partial charge is 0.326 e. The number of hydrogen-bond donors (Lipinski definition) is 1. The van der Waals surface area contributed by atoms with Crippen LogP contribution in [0.5, 0.6) is 0 Å². The molecule has 120 valence electrons. The normalized spacial score (nSPS) is 43.1. The molecule has 1 aliphatic heterocycles. The van der Waals surface area contributed by atoms with Crippen molar-refractivity contribution in [3.8, 4) is 6.07 Å². The molecule has 4 aliphatic rings. The lowest BCUT2D eigenvalue weighted by atomic mass is 9.75. The van der Waals surface area contributed by atoms with Gasteiger partial charge >= 0.3 is 0 Å². The molecule has 0 radical (unpaired) electrons. The van der Waals surface area contributed by atoms with E-state index >= 15 is 0 Å². The number of nitrogens with one attached hydrogen (secondary N) is 1. The lowest BCUT2D eigenvalue weighted by Crippen LogP contribution is -2.49. The molecule has 0 aromatic carbocycles. The van der Waals surface area contributed by atoms with Crippen molar-refractivity contribution in [3.05, 3.63) is 0 Å². The van der Waals surface area contributed by atoms with Crippen LogP contribution in [0.3, 0.4) is 0 Å². The Kier molecular flexibility index (Phi) is 3.86. The summed E-state index contributed by atoms with van der Waals surface area (Å²) in [5, 5.41) is 12.8. The average Bonchev–Trinajstić information content (AvgIpc) is 3.08. The van der Waals surface area contributed by atoms with Crippen molar-refractivity contribution in [1.29, 1.82) is 5.26 Å². The third-order valence-electron chi connectivity index (χ3n) is 6.86. The van der Waals surface area contributed by atoms with Crippen LogP contribution in [0.1, 0.15) is 51.4 Å². The minimum absolute atomic E-state index is 0.136. The van der Waals surface area contributed by atoms with Crippen LogP contribution in [0.15, 0.2) is 0 Å². The van der Waals surface area contributed by atoms with Gasteiger partial charge in [0, 0.05) is 12.6 Å². The van der Waals surface area contributed by atoms with Crippen LogP contribution in [0, 0.1) is 35.0 Å². The molecule has 4 rings (SSSR count). The van der Waals surface area contributed by atoms with E-state index in [1.165, 1.54) is 38.5 Å². The summed E-state index contributed by atoms with van der Waals surface area (Å²) in [5.41, 5.74) is 0. The first-order chi connectivity index (χ1) is 10.8. The Morgan fingerprint density at radius 3 is 2.68 bits per heavy atom. The Labute approximate surface area is 133 Å². The van der Waals surface area contributed by atoms with Gasteiger partial charge in [-0.05, 0) is 62.2 Å². The highest BCUT2D eigenvalue weighted by Gasteiger charge is 2.47. The Morgan fingerprint density at radius 1 is 1.05 bits per heavy atom. The third-order valence-corrected chi connectivity index (χ3v) is 6.86. The minimum Gasteiger partial charge on any atom is -0.326 e. The van der Waals surface area contributed by atoms with Gasteiger partial charge in [0.25, 0.3) is 0 Å². The molecule has 0 spiro atoms. The van der Waals surface area contributed by atoms with Gasteiger partial charge in [-0.15, -0.1) is 0 Å². The fraction of sp³-hybridized carbons (Fsp3) is 0.889. The zero-order chi connectivity index (χ0) is 15.1. The molecule has 6 unspecified atom stereocenters. The number of nitriles is 1. The predicted molar refractivity (Wildman–Crippen MR) is 83.8 cm³/mol. The molecular weight excluding hydrogens is 274 g/mol. The number of amides is 1. The number of carbonyl (C=O) groups is 1. The molecular formula is C18H27N3O. The molecule has 22 heavy (non-hydrogen) atoms. The summed E-state index contributed by atoms with van der Waals surface area (Å²) in [6, 6.07) is 2.64. The van der Waals surface area contributed by atoms with E-state index in [1.807, 2.05) is 0 Å². The Bertz CT molecular complexity index is 485. The van der Waals surface area contributed by atoms with E-state index in [1.54, 1.807) is 4.90 Å². The van der Waals surface area contributed by atoms with Gasteiger partial charge in [0.1, 0.15) is 6.04 Å². The van der Waals surface area contributed by atoms with Gasteiger partial charge in [-0.2, -0.15) is 5.26 Å². The van der Waals surface area contributed by atoms with Crippen molar-refractivity contribution in [2.24, 2.45) is 23.7 Å². The first-order valence-electron chi connectivity index (χ1n) is 9.18. The maximum atomic E-state index is 12.4. The SMILES string of the molecule is N#CC1CCCN1C(=O)CNC1C2CCCC3CC1CC3C2. The standard InChI is InChI=1S/C18H27N3O/c19-10-16-5-2-6-21(16)17(22)11-20-18-13-4-1-3-12-7-15(18)9-14(12)8-13/h12-16,18,20H,1-9,11H2. The van der Waals surface area contributed by atoms with Crippen LogP contribution < -0.4 is 5.32 Å². The zero-order valence-electron chi connectivity index (χ0n) is 13.3. The molecule has 4 fully saturated rings.